The summed E-state index contributed by atoms with van der Waals surface area (Å²) < 4.78 is 0. The molecular formula is C46H69N13O12S. The first-order valence-electron chi connectivity index (χ1n) is 23.0. The lowest BCUT2D eigenvalue weighted by Crippen LogP contribution is -2.62. The van der Waals surface area contributed by atoms with Gasteiger partial charge in [-0.3, -0.25) is 52.9 Å². The van der Waals surface area contributed by atoms with Gasteiger partial charge in [-0.1, -0.05) is 80.9 Å². The first kappa shape index (κ1) is 60.8. The van der Waals surface area contributed by atoms with Gasteiger partial charge in [0.25, 0.3) is 0 Å². The fraction of sp³-hybridized carbons (Fsp3) is 0.500. The van der Waals surface area contributed by atoms with Crippen molar-refractivity contribution in [2.45, 2.75) is 114 Å². The molecule has 0 saturated carbocycles. The number of rotatable bonds is 33. The lowest BCUT2D eigenvalue weighted by Gasteiger charge is -2.29. The number of hydrogen-bond donors (Lipinski definition) is 14. The Morgan fingerprint density at radius 1 is 0.597 bits per heavy atom. The Labute approximate surface area is 421 Å². The second kappa shape index (κ2) is 31.8. The highest BCUT2D eigenvalue weighted by atomic mass is 32.2. The highest BCUT2D eigenvalue weighted by molar-refractivity contribution is 7.98. The maximum atomic E-state index is 14.3. The molecule has 396 valence electrons. The molecule has 72 heavy (non-hydrogen) atoms. The number of carboxylic acid groups (broad SMARTS) is 1. The number of aliphatic hydroxyl groups is 1. The standard InChI is InChI=1S/C46H69N13O12S/c1-4-25(2)37(45(71)53-29(16-11-18-52-46(50)51)40(66)54-30(38(49)64)20-26-12-7-5-8-13-26)59-43(69)31(21-27-14-9-6-10-15-27)56-41(67)32(22-35(48)61)57-44(70)34(24-60)58-42(68)33(23-36(62)63)55-39(65)28(47)17-19-72-3/h5-10,12-15,25,28-34,37,60H,4,11,16-24,47H2,1-3H3,(H2,48,61)(H2,49,64)(H,53,71)(H,54,66)(H,55,65)(H,56,67)(H,57,70)(H,58,68)(H,59,69)(H,62,63)(H4,50,51,52)/t25-,28-,29-,30-,31-,32-,33-,34-,37-/m0/s1. The number of nitrogens with one attached hydrogen (secondary N) is 7. The number of thioether (sulfide) groups is 1. The number of hydrogen-bond acceptors (Lipinski definition) is 14. The van der Waals surface area contributed by atoms with E-state index in [-0.39, 0.29) is 44.6 Å². The van der Waals surface area contributed by atoms with Crippen LogP contribution in [0.3, 0.4) is 0 Å². The third-order valence-corrected chi connectivity index (χ3v) is 11.7. The molecule has 0 fully saturated rings. The summed E-state index contributed by atoms with van der Waals surface area (Å²) in [5.41, 5.74) is 29.1. The number of benzene rings is 2. The smallest absolute Gasteiger partial charge is 0.305 e. The third kappa shape index (κ3) is 22.2. The van der Waals surface area contributed by atoms with E-state index < -0.39 is 133 Å². The molecule has 0 aliphatic carbocycles. The molecule has 0 aliphatic heterocycles. The van der Waals surface area contributed by atoms with Crippen LogP contribution in [-0.4, -0.2) is 149 Å². The maximum Gasteiger partial charge on any atom is 0.305 e. The van der Waals surface area contributed by atoms with E-state index >= 15 is 0 Å². The first-order valence-corrected chi connectivity index (χ1v) is 24.4. The molecule has 0 radical (unpaired) electrons. The predicted molar refractivity (Wildman–Crippen MR) is 266 cm³/mol. The largest absolute Gasteiger partial charge is 0.481 e. The first-order chi connectivity index (χ1) is 34.1. The van der Waals surface area contributed by atoms with Gasteiger partial charge in [-0.25, -0.2) is 0 Å². The van der Waals surface area contributed by atoms with Crippen molar-refractivity contribution in [3.05, 3.63) is 71.8 Å². The third-order valence-electron chi connectivity index (χ3n) is 11.1. The van der Waals surface area contributed by atoms with Gasteiger partial charge >= 0.3 is 5.97 Å². The van der Waals surface area contributed by atoms with Crippen molar-refractivity contribution in [2.24, 2.45) is 39.6 Å². The Morgan fingerprint density at radius 3 is 1.56 bits per heavy atom. The zero-order chi connectivity index (χ0) is 53.9. The molecule has 0 unspecified atom stereocenters. The maximum absolute atomic E-state index is 14.3. The van der Waals surface area contributed by atoms with Crippen molar-refractivity contribution in [1.82, 2.24) is 37.2 Å². The number of nitrogens with two attached hydrogens (primary N) is 5. The summed E-state index contributed by atoms with van der Waals surface area (Å²) in [6.07, 6.45) is 0.496. The quantitative estimate of drug-likeness (QED) is 0.0183. The van der Waals surface area contributed by atoms with Crippen LogP contribution in [0, 0.1) is 5.92 Å². The predicted octanol–water partition coefficient (Wildman–Crippen LogP) is -4.13. The highest BCUT2D eigenvalue weighted by Crippen LogP contribution is 2.13. The molecule has 2 aromatic carbocycles. The van der Waals surface area contributed by atoms with E-state index in [4.69, 9.17) is 28.7 Å². The van der Waals surface area contributed by atoms with Crippen molar-refractivity contribution < 1.29 is 58.2 Å². The van der Waals surface area contributed by atoms with Gasteiger partial charge in [0.2, 0.25) is 53.2 Å². The molecule has 0 aliphatic rings. The lowest BCUT2D eigenvalue weighted by molar-refractivity contribution is -0.141. The number of aliphatic hydroxyl groups excluding tert-OH is 1. The average Bonchev–Trinajstić information content (AvgIpc) is 3.33. The number of carbonyl (C=O) groups is 10. The van der Waals surface area contributed by atoms with Crippen LogP contribution in [0.2, 0.25) is 0 Å². The molecule has 0 bridgehead atoms. The van der Waals surface area contributed by atoms with Crippen molar-refractivity contribution in [3.8, 4) is 0 Å². The second-order valence-corrected chi connectivity index (χ2v) is 17.8. The summed E-state index contributed by atoms with van der Waals surface area (Å²) >= 11 is 1.40. The number of carboxylic acids is 1. The van der Waals surface area contributed by atoms with Gasteiger partial charge in [0.1, 0.15) is 42.3 Å². The van der Waals surface area contributed by atoms with Crippen molar-refractivity contribution in [1.29, 1.82) is 0 Å². The Balaban J connectivity index is 2.43. The summed E-state index contributed by atoms with van der Waals surface area (Å²) in [6.45, 7) is 2.36. The molecule has 19 N–H and O–H groups in total. The van der Waals surface area contributed by atoms with Gasteiger partial charge in [-0.05, 0) is 48.3 Å². The Hall–Kier alpha value is -7.32. The Bertz CT molecular complexity index is 2190. The Kier molecular flexibility index (Phi) is 26.9. The van der Waals surface area contributed by atoms with E-state index in [1.165, 1.54) is 11.8 Å². The summed E-state index contributed by atoms with van der Waals surface area (Å²) in [5, 5.41) is 36.6. The van der Waals surface area contributed by atoms with E-state index in [0.717, 1.165) is 0 Å². The van der Waals surface area contributed by atoms with Crippen LogP contribution in [0.4, 0.5) is 0 Å². The van der Waals surface area contributed by atoms with Gasteiger partial charge < -0.3 is 76.1 Å². The van der Waals surface area contributed by atoms with Crippen LogP contribution in [0.15, 0.2) is 65.7 Å². The molecule has 2 aromatic rings. The minimum absolute atomic E-state index is 0.0283. The van der Waals surface area contributed by atoms with E-state index in [0.29, 0.717) is 23.3 Å². The number of amides is 9. The number of primary amides is 2. The SMILES string of the molecule is CC[C@H](C)[C@H](NC(=O)[C@H](Cc1ccccc1)NC(=O)[C@H](CC(N)=O)NC(=O)[C@H](CO)NC(=O)[C@H](CC(=O)O)NC(=O)[C@@H](N)CCSC)C(=O)N[C@@H](CCCN=C(N)N)C(=O)N[C@@H](Cc1ccccc1)C(N)=O. The van der Waals surface area contributed by atoms with Gasteiger partial charge in [0.15, 0.2) is 5.96 Å². The molecule has 0 saturated heterocycles. The molecule has 9 amide bonds. The van der Waals surface area contributed by atoms with Crippen LogP contribution in [-0.2, 0) is 60.8 Å². The van der Waals surface area contributed by atoms with Gasteiger partial charge in [0, 0.05) is 19.4 Å². The van der Waals surface area contributed by atoms with Gasteiger partial charge in [-0.2, -0.15) is 11.8 Å². The number of aliphatic imine (C=N–C) groups is 1. The lowest BCUT2D eigenvalue weighted by atomic mass is 9.96. The zero-order valence-corrected chi connectivity index (χ0v) is 41.3. The van der Waals surface area contributed by atoms with E-state index in [1.807, 2.05) is 0 Å². The fourth-order valence-corrected chi connectivity index (χ4v) is 7.34. The molecule has 0 aromatic heterocycles. The fourth-order valence-electron chi connectivity index (χ4n) is 6.85. The van der Waals surface area contributed by atoms with Crippen LogP contribution in [0.25, 0.3) is 0 Å². The summed E-state index contributed by atoms with van der Waals surface area (Å²) in [6, 6.07) is 5.16. The molecule has 25 nitrogen and oxygen atoms in total. The molecule has 9 atom stereocenters. The van der Waals surface area contributed by atoms with E-state index in [2.05, 4.69) is 42.2 Å². The normalized spacial score (nSPS) is 14.6. The summed E-state index contributed by atoms with van der Waals surface area (Å²) in [5.74, 6) is -10.7. The monoisotopic (exact) mass is 1030 g/mol. The van der Waals surface area contributed by atoms with Crippen LogP contribution >= 0.6 is 11.8 Å². The van der Waals surface area contributed by atoms with Crippen molar-refractivity contribution in [2.75, 3.05) is 25.2 Å². The van der Waals surface area contributed by atoms with E-state index in [9.17, 15) is 58.2 Å². The van der Waals surface area contributed by atoms with Crippen molar-refractivity contribution >= 4 is 76.9 Å². The minimum Gasteiger partial charge on any atom is -0.481 e. The second-order valence-electron chi connectivity index (χ2n) is 16.8. The number of carbonyl (C=O) groups excluding carboxylic acids is 9. The van der Waals surface area contributed by atoms with Crippen LogP contribution in [0.5, 0.6) is 0 Å². The molecule has 0 heterocycles. The summed E-state index contributed by atoms with van der Waals surface area (Å²) in [4.78, 5) is 136. The molecule has 26 heteroatoms. The number of nitrogens with zero attached hydrogens (tertiary/aromatic N) is 1. The number of guanidine groups is 1. The topological polar surface area (TPSA) is 438 Å². The molecule has 2 rings (SSSR count). The zero-order valence-electron chi connectivity index (χ0n) is 40.5. The van der Waals surface area contributed by atoms with Gasteiger partial charge in [0.05, 0.1) is 25.5 Å². The van der Waals surface area contributed by atoms with Crippen molar-refractivity contribution in [3.63, 3.8) is 0 Å². The average molecular weight is 1030 g/mol. The minimum atomic E-state index is -1.87. The summed E-state index contributed by atoms with van der Waals surface area (Å²) in [7, 11) is 0. The van der Waals surface area contributed by atoms with Crippen LogP contribution < -0.4 is 65.9 Å². The Morgan fingerprint density at radius 2 is 1.06 bits per heavy atom. The molecular weight excluding hydrogens is 959 g/mol. The van der Waals surface area contributed by atoms with E-state index in [1.54, 1.807) is 80.8 Å². The van der Waals surface area contributed by atoms with Gasteiger partial charge in [-0.15, -0.1) is 0 Å². The highest BCUT2D eigenvalue weighted by Gasteiger charge is 2.36. The number of aliphatic carboxylic acids is 1. The molecule has 0 spiro atoms. The van der Waals surface area contributed by atoms with Crippen LogP contribution in [0.1, 0.15) is 63.5 Å².